The SMILES string of the molecule is N=C(Cl)/C=C\C(=N)N=C(N)Cc1c(F)cc2ncccc2c1F. The van der Waals surface area contributed by atoms with Gasteiger partial charge in [0.05, 0.1) is 5.52 Å². The molecule has 2 rings (SSSR count). The topological polar surface area (TPSA) is 99.0 Å². The van der Waals surface area contributed by atoms with Crippen molar-refractivity contribution in [2.24, 2.45) is 10.7 Å². The van der Waals surface area contributed by atoms with Crippen LogP contribution in [0.1, 0.15) is 5.56 Å². The largest absolute Gasteiger partial charge is 0.387 e. The lowest BCUT2D eigenvalue weighted by molar-refractivity contribution is 0.572. The van der Waals surface area contributed by atoms with Crippen LogP contribution in [0.2, 0.25) is 0 Å². The molecule has 0 radical (unpaired) electrons. The first-order valence-electron chi connectivity index (χ1n) is 6.44. The quantitative estimate of drug-likeness (QED) is 0.590. The number of benzene rings is 1. The Morgan fingerprint density at radius 1 is 1.35 bits per heavy atom. The standard InChI is InChI=1S/C15H12ClF2N5/c16-12(19)3-4-13(20)23-14(21)6-9-10(17)7-11-8(15(9)18)2-1-5-22-11/h1-5,7,19H,6H2,(H3,20,21,23)/b4-3-,19-12?. The molecule has 5 nitrogen and oxygen atoms in total. The molecule has 23 heavy (non-hydrogen) atoms. The molecule has 0 atom stereocenters. The number of amidine groups is 2. The maximum absolute atomic E-state index is 14.4. The van der Waals surface area contributed by atoms with E-state index in [-0.39, 0.29) is 39.7 Å². The lowest BCUT2D eigenvalue weighted by atomic mass is 10.1. The van der Waals surface area contributed by atoms with Crippen molar-refractivity contribution < 1.29 is 8.78 Å². The van der Waals surface area contributed by atoms with E-state index >= 15 is 0 Å². The Balaban J connectivity index is 2.31. The van der Waals surface area contributed by atoms with E-state index in [1.165, 1.54) is 12.3 Å². The average molecular weight is 336 g/mol. The molecule has 0 unspecified atom stereocenters. The minimum Gasteiger partial charge on any atom is -0.387 e. The molecule has 1 aromatic heterocycles. The van der Waals surface area contributed by atoms with E-state index < -0.39 is 11.6 Å². The number of nitrogens with two attached hydrogens (primary N) is 1. The normalized spacial score (nSPS) is 12.0. The predicted octanol–water partition coefficient (Wildman–Crippen LogP) is 3.16. The number of nitrogens with zero attached hydrogens (tertiary/aromatic N) is 2. The maximum Gasteiger partial charge on any atom is 0.146 e. The van der Waals surface area contributed by atoms with Crippen LogP contribution in [0, 0.1) is 22.5 Å². The van der Waals surface area contributed by atoms with Gasteiger partial charge in [0.2, 0.25) is 0 Å². The Labute approximate surface area is 135 Å². The highest BCUT2D eigenvalue weighted by atomic mass is 35.5. The van der Waals surface area contributed by atoms with Crippen LogP contribution in [0.4, 0.5) is 8.78 Å². The van der Waals surface area contributed by atoms with Crippen LogP contribution in [0.25, 0.3) is 10.9 Å². The number of aromatic nitrogens is 1. The molecule has 0 spiro atoms. The first kappa shape index (κ1) is 16.7. The molecule has 0 saturated carbocycles. The highest BCUT2D eigenvalue weighted by Crippen LogP contribution is 2.22. The monoisotopic (exact) mass is 335 g/mol. The number of pyridine rings is 1. The second-order valence-electron chi connectivity index (χ2n) is 4.57. The molecule has 0 bridgehead atoms. The molecule has 4 N–H and O–H groups in total. The van der Waals surface area contributed by atoms with Gasteiger partial charge in [0, 0.05) is 29.6 Å². The van der Waals surface area contributed by atoms with Crippen molar-refractivity contribution in [2.75, 3.05) is 0 Å². The third kappa shape index (κ3) is 4.17. The highest BCUT2D eigenvalue weighted by molar-refractivity contribution is 6.67. The average Bonchev–Trinajstić information content (AvgIpc) is 2.49. The second kappa shape index (κ2) is 7.06. The van der Waals surface area contributed by atoms with Gasteiger partial charge in [-0.05, 0) is 24.3 Å². The maximum atomic E-state index is 14.4. The van der Waals surface area contributed by atoms with Crippen molar-refractivity contribution in [3.63, 3.8) is 0 Å². The first-order chi connectivity index (χ1) is 10.9. The van der Waals surface area contributed by atoms with Gasteiger partial charge in [-0.25, -0.2) is 13.8 Å². The lowest BCUT2D eigenvalue weighted by Crippen LogP contribution is -2.18. The first-order valence-corrected chi connectivity index (χ1v) is 6.81. The predicted molar refractivity (Wildman–Crippen MR) is 87.4 cm³/mol. The summed E-state index contributed by atoms with van der Waals surface area (Å²) in [5.74, 6) is -1.95. The van der Waals surface area contributed by atoms with Gasteiger partial charge < -0.3 is 5.73 Å². The molecule has 1 aromatic carbocycles. The number of rotatable bonds is 4. The molecule has 2 aromatic rings. The van der Waals surface area contributed by atoms with Gasteiger partial charge >= 0.3 is 0 Å². The summed E-state index contributed by atoms with van der Waals surface area (Å²) in [6, 6.07) is 4.16. The molecule has 0 fully saturated rings. The highest BCUT2D eigenvalue weighted by Gasteiger charge is 2.15. The van der Waals surface area contributed by atoms with Crippen LogP contribution in [0.3, 0.4) is 0 Å². The lowest BCUT2D eigenvalue weighted by Gasteiger charge is -2.07. The number of aliphatic imine (C=N–C) groups is 1. The molecule has 0 saturated heterocycles. The number of allylic oxidation sites excluding steroid dienone is 1. The zero-order valence-corrected chi connectivity index (χ0v) is 12.5. The van der Waals surface area contributed by atoms with Crippen LogP contribution in [0.15, 0.2) is 41.5 Å². The van der Waals surface area contributed by atoms with E-state index in [4.69, 9.17) is 28.2 Å². The van der Waals surface area contributed by atoms with Crippen molar-refractivity contribution in [2.45, 2.75) is 6.42 Å². The summed E-state index contributed by atoms with van der Waals surface area (Å²) in [5.41, 5.74) is 5.60. The zero-order chi connectivity index (χ0) is 17.0. The summed E-state index contributed by atoms with van der Waals surface area (Å²) in [6.07, 6.45) is 3.44. The molecule has 0 aliphatic heterocycles. The molecule has 0 aliphatic rings. The number of hydrogen-bond donors (Lipinski definition) is 3. The third-order valence-electron chi connectivity index (χ3n) is 2.90. The smallest absolute Gasteiger partial charge is 0.146 e. The van der Waals surface area contributed by atoms with Gasteiger partial charge in [0.1, 0.15) is 28.5 Å². The van der Waals surface area contributed by atoms with Crippen molar-refractivity contribution in [3.05, 3.63) is 53.7 Å². The van der Waals surface area contributed by atoms with Crippen molar-refractivity contribution in [3.8, 4) is 0 Å². The molecule has 8 heteroatoms. The summed E-state index contributed by atoms with van der Waals surface area (Å²) in [4.78, 5) is 7.59. The fraction of sp³-hybridized carbons (Fsp3) is 0.0667. The summed E-state index contributed by atoms with van der Waals surface area (Å²) < 4.78 is 28.4. The summed E-state index contributed by atoms with van der Waals surface area (Å²) in [7, 11) is 0. The van der Waals surface area contributed by atoms with E-state index in [9.17, 15) is 8.78 Å². The van der Waals surface area contributed by atoms with Gasteiger partial charge in [0.25, 0.3) is 0 Å². The van der Waals surface area contributed by atoms with Crippen molar-refractivity contribution in [1.82, 2.24) is 4.98 Å². The van der Waals surface area contributed by atoms with E-state index in [0.29, 0.717) is 0 Å². The molecule has 0 amide bonds. The Hall–Kier alpha value is -2.67. The van der Waals surface area contributed by atoms with Crippen LogP contribution < -0.4 is 5.73 Å². The molecule has 118 valence electrons. The van der Waals surface area contributed by atoms with E-state index in [1.54, 1.807) is 6.07 Å². The van der Waals surface area contributed by atoms with Gasteiger partial charge in [0.15, 0.2) is 0 Å². The van der Waals surface area contributed by atoms with Gasteiger partial charge in [-0.1, -0.05) is 11.6 Å². The van der Waals surface area contributed by atoms with Gasteiger partial charge in [-0.3, -0.25) is 15.8 Å². The molecular weight excluding hydrogens is 324 g/mol. The summed E-state index contributed by atoms with van der Waals surface area (Å²) in [6.45, 7) is 0. The fourth-order valence-electron chi connectivity index (χ4n) is 1.92. The van der Waals surface area contributed by atoms with Gasteiger partial charge in [-0.2, -0.15) is 0 Å². The number of hydrogen-bond acceptors (Lipinski definition) is 3. The third-order valence-corrected chi connectivity index (χ3v) is 3.03. The Bertz CT molecular complexity index is 845. The van der Waals surface area contributed by atoms with Crippen LogP contribution in [0.5, 0.6) is 0 Å². The van der Waals surface area contributed by atoms with Crippen LogP contribution >= 0.6 is 11.6 Å². The molecule has 1 heterocycles. The Kier molecular flexibility index (Phi) is 5.13. The number of fused-ring (bicyclic) bond motifs is 1. The van der Waals surface area contributed by atoms with E-state index in [1.807, 2.05) is 0 Å². The van der Waals surface area contributed by atoms with E-state index in [2.05, 4.69) is 9.98 Å². The fourth-order valence-corrected chi connectivity index (χ4v) is 1.98. The second-order valence-corrected chi connectivity index (χ2v) is 4.97. The zero-order valence-electron chi connectivity index (χ0n) is 11.8. The van der Waals surface area contributed by atoms with Crippen molar-refractivity contribution >= 4 is 39.3 Å². The molecular formula is C15H12ClF2N5. The van der Waals surface area contributed by atoms with Crippen LogP contribution in [-0.2, 0) is 6.42 Å². The minimum atomic E-state index is -0.781. The van der Waals surface area contributed by atoms with Crippen LogP contribution in [-0.4, -0.2) is 21.8 Å². The number of nitrogens with one attached hydrogen (secondary N) is 2. The summed E-state index contributed by atoms with van der Waals surface area (Å²) >= 11 is 5.30. The van der Waals surface area contributed by atoms with Gasteiger partial charge in [-0.15, -0.1) is 0 Å². The van der Waals surface area contributed by atoms with Crippen molar-refractivity contribution in [1.29, 1.82) is 10.8 Å². The van der Waals surface area contributed by atoms with E-state index in [0.717, 1.165) is 18.2 Å². The Morgan fingerprint density at radius 2 is 2.09 bits per heavy atom. The summed E-state index contributed by atoms with van der Waals surface area (Å²) in [5, 5.41) is 14.4. The minimum absolute atomic E-state index is 0.137. The number of halogens is 3. The molecule has 0 aliphatic carbocycles. The Morgan fingerprint density at radius 3 is 2.78 bits per heavy atom.